The number of benzene rings is 1. The zero-order chi connectivity index (χ0) is 11.8. The Morgan fingerprint density at radius 3 is 2.81 bits per heavy atom. The molecule has 0 aliphatic heterocycles. The Kier molecular flexibility index (Phi) is 3.91. The van der Waals surface area contributed by atoms with Crippen LogP contribution in [0.1, 0.15) is 31.2 Å². The van der Waals surface area contributed by atoms with Crippen molar-refractivity contribution in [2.24, 2.45) is 0 Å². The number of halogens is 3. The second-order valence-electron chi connectivity index (χ2n) is 4.23. The Morgan fingerprint density at radius 1 is 1.44 bits per heavy atom. The van der Waals surface area contributed by atoms with E-state index in [1.807, 2.05) is 0 Å². The van der Waals surface area contributed by atoms with Gasteiger partial charge in [-0.3, -0.25) is 0 Å². The maximum Gasteiger partial charge on any atom is 0.130 e. The van der Waals surface area contributed by atoms with Crippen LogP contribution < -0.4 is 0 Å². The van der Waals surface area contributed by atoms with Crippen molar-refractivity contribution in [3.05, 3.63) is 34.1 Å². The third kappa shape index (κ3) is 2.16. The minimum atomic E-state index is -1.02. The fourth-order valence-electron chi connectivity index (χ4n) is 2.31. The van der Waals surface area contributed by atoms with Gasteiger partial charge in [-0.15, -0.1) is 0 Å². The molecule has 4 heteroatoms. The molecule has 1 aliphatic carbocycles. The van der Waals surface area contributed by atoms with Crippen molar-refractivity contribution in [1.29, 1.82) is 0 Å². The summed E-state index contributed by atoms with van der Waals surface area (Å²) in [6.07, 6.45) is 3.65. The van der Waals surface area contributed by atoms with Gasteiger partial charge in [0.1, 0.15) is 11.4 Å². The summed E-state index contributed by atoms with van der Waals surface area (Å²) in [6, 6.07) is 4.85. The van der Waals surface area contributed by atoms with Crippen LogP contribution in [0.5, 0.6) is 0 Å². The summed E-state index contributed by atoms with van der Waals surface area (Å²) in [4.78, 5) is 0. The first-order valence-electron chi connectivity index (χ1n) is 5.36. The number of hydrogen-bond acceptors (Lipinski definition) is 1. The summed E-state index contributed by atoms with van der Waals surface area (Å²) in [5, 5.41) is 10.7. The number of rotatable bonds is 1. The lowest BCUT2D eigenvalue weighted by atomic mass is 9.79. The number of hydrogen-bond donors (Lipinski definition) is 1. The molecule has 0 heterocycles. The Labute approximate surface area is 117 Å². The van der Waals surface area contributed by atoms with Crippen molar-refractivity contribution in [2.75, 3.05) is 0 Å². The molecule has 0 bridgehead atoms. The standard InChI is InChI=1S/C12H13BrFIO/c13-8-4-3-5-9(14)11(8)12(16)7-2-1-6-10(12)15/h3-5,10,16H,1-2,6-7H2. The monoisotopic (exact) mass is 398 g/mol. The van der Waals surface area contributed by atoms with Crippen LogP contribution in [0.2, 0.25) is 0 Å². The van der Waals surface area contributed by atoms with Gasteiger partial charge in [-0.05, 0) is 25.0 Å². The Morgan fingerprint density at radius 2 is 2.19 bits per heavy atom. The largest absolute Gasteiger partial charge is 0.384 e. The maximum absolute atomic E-state index is 13.9. The van der Waals surface area contributed by atoms with E-state index in [-0.39, 0.29) is 9.74 Å². The molecule has 0 saturated heterocycles. The summed E-state index contributed by atoms with van der Waals surface area (Å²) in [7, 11) is 0. The van der Waals surface area contributed by atoms with E-state index in [1.54, 1.807) is 12.1 Å². The first-order chi connectivity index (χ1) is 7.55. The zero-order valence-corrected chi connectivity index (χ0v) is 12.5. The topological polar surface area (TPSA) is 20.2 Å². The second kappa shape index (κ2) is 4.90. The SMILES string of the molecule is OC1(c2c(F)cccc2Br)CCCCC1I. The molecule has 16 heavy (non-hydrogen) atoms. The van der Waals surface area contributed by atoms with Gasteiger partial charge >= 0.3 is 0 Å². The van der Waals surface area contributed by atoms with Crippen LogP contribution in [0.15, 0.2) is 22.7 Å². The molecule has 0 spiro atoms. The predicted octanol–water partition coefficient (Wildman–Crippen LogP) is 4.15. The van der Waals surface area contributed by atoms with Crippen molar-refractivity contribution in [3.63, 3.8) is 0 Å². The molecule has 1 nitrogen and oxygen atoms in total. The van der Waals surface area contributed by atoms with E-state index in [1.165, 1.54) is 6.07 Å². The Bertz CT molecular complexity index is 378. The van der Waals surface area contributed by atoms with E-state index in [0.717, 1.165) is 19.3 Å². The average molecular weight is 399 g/mol. The average Bonchev–Trinajstić information content (AvgIpc) is 2.22. The summed E-state index contributed by atoms with van der Waals surface area (Å²) < 4.78 is 14.6. The van der Waals surface area contributed by atoms with E-state index in [9.17, 15) is 9.50 Å². The number of alkyl halides is 1. The molecular weight excluding hydrogens is 386 g/mol. The van der Waals surface area contributed by atoms with Gasteiger partial charge in [0.05, 0.1) is 0 Å². The van der Waals surface area contributed by atoms with E-state index in [4.69, 9.17) is 0 Å². The highest BCUT2D eigenvalue weighted by atomic mass is 127. The zero-order valence-electron chi connectivity index (χ0n) is 8.72. The van der Waals surface area contributed by atoms with Gasteiger partial charge in [0, 0.05) is 14.0 Å². The molecule has 0 aromatic heterocycles. The minimum absolute atomic E-state index is 0.0760. The number of aliphatic hydroxyl groups is 1. The molecule has 2 rings (SSSR count). The van der Waals surface area contributed by atoms with Crippen molar-refractivity contribution >= 4 is 38.5 Å². The molecule has 1 aliphatic rings. The molecule has 1 saturated carbocycles. The normalized spacial score (nSPS) is 30.4. The lowest BCUT2D eigenvalue weighted by molar-refractivity contribution is 0.00720. The van der Waals surface area contributed by atoms with Crippen LogP contribution in [0, 0.1) is 5.82 Å². The Hall–Kier alpha value is 0.320. The molecule has 2 unspecified atom stereocenters. The summed E-state index contributed by atoms with van der Waals surface area (Å²) in [6.45, 7) is 0. The van der Waals surface area contributed by atoms with Gasteiger partial charge < -0.3 is 5.11 Å². The molecule has 88 valence electrons. The summed E-state index contributed by atoms with van der Waals surface area (Å²) in [5.74, 6) is -0.319. The highest BCUT2D eigenvalue weighted by Crippen LogP contribution is 2.44. The highest BCUT2D eigenvalue weighted by molar-refractivity contribution is 14.1. The maximum atomic E-state index is 13.9. The van der Waals surface area contributed by atoms with Crippen molar-refractivity contribution in [3.8, 4) is 0 Å². The first-order valence-corrected chi connectivity index (χ1v) is 7.40. The molecular formula is C12H13BrFIO. The van der Waals surface area contributed by atoms with Gasteiger partial charge in [-0.2, -0.15) is 0 Å². The lowest BCUT2D eigenvalue weighted by Gasteiger charge is -2.38. The van der Waals surface area contributed by atoms with Gasteiger partial charge in [-0.25, -0.2) is 4.39 Å². The van der Waals surface area contributed by atoms with E-state index >= 15 is 0 Å². The third-order valence-electron chi connectivity index (χ3n) is 3.18. The van der Waals surface area contributed by atoms with Gasteiger partial charge in [0.25, 0.3) is 0 Å². The van der Waals surface area contributed by atoms with Crippen molar-refractivity contribution in [1.82, 2.24) is 0 Å². The van der Waals surface area contributed by atoms with Crippen LogP contribution in [-0.2, 0) is 5.60 Å². The molecule has 2 atom stereocenters. The van der Waals surface area contributed by atoms with Gasteiger partial charge in [-0.1, -0.05) is 57.4 Å². The highest BCUT2D eigenvalue weighted by Gasteiger charge is 2.41. The smallest absolute Gasteiger partial charge is 0.130 e. The fraction of sp³-hybridized carbons (Fsp3) is 0.500. The van der Waals surface area contributed by atoms with Crippen molar-refractivity contribution in [2.45, 2.75) is 35.2 Å². The summed E-state index contributed by atoms with van der Waals surface area (Å²) >= 11 is 5.58. The molecule has 1 fully saturated rings. The van der Waals surface area contributed by atoms with Crippen LogP contribution in [0.3, 0.4) is 0 Å². The quantitative estimate of drug-likeness (QED) is 0.556. The van der Waals surface area contributed by atoms with Crippen molar-refractivity contribution < 1.29 is 9.50 Å². The molecule has 0 radical (unpaired) electrons. The lowest BCUT2D eigenvalue weighted by Crippen LogP contribution is -2.39. The molecule has 1 aromatic rings. The van der Waals surface area contributed by atoms with E-state index in [0.29, 0.717) is 16.5 Å². The first kappa shape index (κ1) is 12.8. The predicted molar refractivity (Wildman–Crippen MR) is 74.3 cm³/mol. The van der Waals surface area contributed by atoms with Crippen LogP contribution in [-0.4, -0.2) is 9.03 Å². The fourth-order valence-corrected chi connectivity index (χ4v) is 4.05. The van der Waals surface area contributed by atoms with E-state index < -0.39 is 5.60 Å². The third-order valence-corrected chi connectivity index (χ3v) is 5.49. The van der Waals surface area contributed by atoms with Crippen LogP contribution >= 0.6 is 38.5 Å². The van der Waals surface area contributed by atoms with Gasteiger partial charge in [0.15, 0.2) is 0 Å². The molecule has 1 aromatic carbocycles. The van der Waals surface area contributed by atoms with Gasteiger partial charge in [0.2, 0.25) is 0 Å². The van der Waals surface area contributed by atoms with Crippen LogP contribution in [0.25, 0.3) is 0 Å². The Balaban J connectivity index is 2.49. The minimum Gasteiger partial charge on any atom is -0.384 e. The molecule has 1 N–H and O–H groups in total. The van der Waals surface area contributed by atoms with E-state index in [2.05, 4.69) is 38.5 Å². The van der Waals surface area contributed by atoms with Crippen LogP contribution in [0.4, 0.5) is 4.39 Å². The molecule has 0 amide bonds. The summed E-state index contributed by atoms with van der Waals surface area (Å²) in [5.41, 5.74) is -0.600. The second-order valence-corrected chi connectivity index (χ2v) is 6.59.